The number of rotatable bonds is 4. The number of pyridine rings is 1. The van der Waals surface area contributed by atoms with Crippen molar-refractivity contribution in [1.29, 1.82) is 0 Å². The minimum absolute atomic E-state index is 0.104. The molecule has 8 heteroatoms. The van der Waals surface area contributed by atoms with E-state index in [1.807, 2.05) is 27.4 Å². The summed E-state index contributed by atoms with van der Waals surface area (Å²) in [5, 5.41) is 18.5. The summed E-state index contributed by atoms with van der Waals surface area (Å²) in [6.45, 7) is 2.37. The van der Waals surface area contributed by atoms with E-state index in [0.717, 1.165) is 37.1 Å². The number of hydrogen-bond acceptors (Lipinski definition) is 5. The van der Waals surface area contributed by atoms with E-state index in [-0.39, 0.29) is 11.9 Å². The Hall–Kier alpha value is -2.74. The summed E-state index contributed by atoms with van der Waals surface area (Å²) in [5.74, 6) is -0.104. The van der Waals surface area contributed by atoms with Crippen LogP contribution in [0.4, 0.5) is 0 Å². The Kier molecular flexibility index (Phi) is 3.96. The maximum atomic E-state index is 12.5. The fourth-order valence-corrected chi connectivity index (χ4v) is 3.08. The van der Waals surface area contributed by atoms with Crippen LogP contribution in [0.3, 0.4) is 0 Å². The zero-order valence-electron chi connectivity index (χ0n) is 13.2. The minimum atomic E-state index is -0.104. The molecule has 0 aromatic carbocycles. The predicted octanol–water partition coefficient (Wildman–Crippen LogP) is 0.780. The molecule has 1 saturated heterocycles. The molecule has 4 heterocycles. The highest BCUT2D eigenvalue weighted by molar-refractivity contribution is 5.92. The monoisotopic (exact) mass is 325 g/mol. The molecule has 1 fully saturated rings. The van der Waals surface area contributed by atoms with Gasteiger partial charge in [-0.15, -0.1) is 10.2 Å². The van der Waals surface area contributed by atoms with E-state index in [0.29, 0.717) is 12.2 Å². The molecular formula is C16H19N7O. The number of piperidine rings is 1. The molecule has 2 N–H and O–H groups in total. The van der Waals surface area contributed by atoms with Gasteiger partial charge >= 0.3 is 0 Å². The molecule has 0 saturated carbocycles. The first-order valence-electron chi connectivity index (χ1n) is 8.12. The van der Waals surface area contributed by atoms with Gasteiger partial charge in [-0.1, -0.05) is 0 Å². The van der Waals surface area contributed by atoms with Crippen LogP contribution in [0.25, 0.3) is 5.65 Å². The third kappa shape index (κ3) is 2.88. The lowest BCUT2D eigenvalue weighted by atomic mass is 10.1. The van der Waals surface area contributed by atoms with Gasteiger partial charge in [0.2, 0.25) is 0 Å². The number of carbonyl (C=O) groups is 1. The first kappa shape index (κ1) is 14.8. The molecular weight excluding hydrogens is 306 g/mol. The van der Waals surface area contributed by atoms with Crippen LogP contribution in [-0.4, -0.2) is 43.4 Å². The molecule has 0 unspecified atom stereocenters. The summed E-state index contributed by atoms with van der Waals surface area (Å²) in [6, 6.07) is 5.92. The van der Waals surface area contributed by atoms with Crippen molar-refractivity contribution in [3.63, 3.8) is 0 Å². The molecule has 124 valence electrons. The molecule has 0 radical (unpaired) electrons. The maximum Gasteiger partial charge on any atom is 0.269 e. The average molecular weight is 325 g/mol. The van der Waals surface area contributed by atoms with Crippen molar-refractivity contribution >= 4 is 11.6 Å². The van der Waals surface area contributed by atoms with E-state index in [9.17, 15) is 4.79 Å². The lowest BCUT2D eigenvalue weighted by molar-refractivity contribution is 0.0935. The molecule has 1 aliphatic rings. The number of amides is 1. The first-order chi connectivity index (χ1) is 11.8. The van der Waals surface area contributed by atoms with Crippen molar-refractivity contribution in [2.75, 3.05) is 13.1 Å². The van der Waals surface area contributed by atoms with Gasteiger partial charge in [-0.2, -0.15) is 5.10 Å². The van der Waals surface area contributed by atoms with Gasteiger partial charge in [0.05, 0.1) is 6.04 Å². The van der Waals surface area contributed by atoms with Gasteiger partial charge in [-0.3, -0.25) is 13.9 Å². The molecule has 3 aromatic heterocycles. The summed E-state index contributed by atoms with van der Waals surface area (Å²) >= 11 is 0. The van der Waals surface area contributed by atoms with Gasteiger partial charge in [0.25, 0.3) is 5.91 Å². The van der Waals surface area contributed by atoms with E-state index in [1.54, 1.807) is 18.6 Å². The van der Waals surface area contributed by atoms with Gasteiger partial charge in [0, 0.05) is 18.9 Å². The molecule has 1 amide bonds. The highest BCUT2D eigenvalue weighted by Crippen LogP contribution is 2.19. The third-order valence-electron chi connectivity index (χ3n) is 4.38. The van der Waals surface area contributed by atoms with Crippen LogP contribution in [0.15, 0.2) is 36.9 Å². The second-order valence-electron chi connectivity index (χ2n) is 5.96. The summed E-state index contributed by atoms with van der Waals surface area (Å²) in [6.07, 6.45) is 7.21. The average Bonchev–Trinajstić information content (AvgIpc) is 3.29. The van der Waals surface area contributed by atoms with Crippen LogP contribution >= 0.6 is 0 Å². The second-order valence-corrected chi connectivity index (χ2v) is 5.96. The van der Waals surface area contributed by atoms with E-state index in [2.05, 4.69) is 25.9 Å². The van der Waals surface area contributed by atoms with Gasteiger partial charge in [0.15, 0.2) is 5.65 Å². The Morgan fingerprint density at radius 3 is 3.08 bits per heavy atom. The maximum absolute atomic E-state index is 12.5. The highest BCUT2D eigenvalue weighted by Gasteiger charge is 2.21. The number of carbonyl (C=O) groups excluding carboxylic acids is 1. The molecule has 1 aliphatic heterocycles. The largest absolute Gasteiger partial charge is 0.347 e. The zero-order valence-corrected chi connectivity index (χ0v) is 13.2. The lowest BCUT2D eigenvalue weighted by Gasteiger charge is -2.24. The van der Waals surface area contributed by atoms with Crippen molar-refractivity contribution in [3.8, 4) is 0 Å². The molecule has 24 heavy (non-hydrogen) atoms. The fraction of sp³-hybridized carbons (Fsp3) is 0.375. The normalized spacial score (nSPS) is 15.7. The Bertz CT molecular complexity index is 847. The Labute approximate surface area is 138 Å². The van der Waals surface area contributed by atoms with Crippen LogP contribution in [-0.2, 0) is 6.54 Å². The predicted molar refractivity (Wildman–Crippen MR) is 87.5 cm³/mol. The summed E-state index contributed by atoms with van der Waals surface area (Å²) in [5.41, 5.74) is 2.36. The van der Waals surface area contributed by atoms with Gasteiger partial charge in [-0.05, 0) is 49.7 Å². The van der Waals surface area contributed by atoms with Crippen LogP contribution in [0, 0.1) is 0 Å². The van der Waals surface area contributed by atoms with Gasteiger partial charge in [0.1, 0.15) is 12.0 Å². The summed E-state index contributed by atoms with van der Waals surface area (Å²) in [7, 11) is 0. The lowest BCUT2D eigenvalue weighted by Crippen LogP contribution is -2.33. The topological polar surface area (TPSA) is 89.1 Å². The highest BCUT2D eigenvalue weighted by atomic mass is 16.2. The standard InChI is InChI=1S/C16H19N7O/c24-16(14-3-7-20-23(14)13-1-5-17-6-2-13)18-10-12-4-8-22-11-19-21-15(22)9-12/h3-4,7-9,11,13,17H,1-2,5-6,10H2,(H,18,24). The summed E-state index contributed by atoms with van der Waals surface area (Å²) in [4.78, 5) is 12.5. The van der Waals surface area contributed by atoms with Crippen molar-refractivity contribution in [2.24, 2.45) is 0 Å². The number of fused-ring (bicyclic) bond motifs is 1. The molecule has 3 aromatic rings. The van der Waals surface area contributed by atoms with Crippen molar-refractivity contribution in [2.45, 2.75) is 25.4 Å². The number of hydrogen-bond donors (Lipinski definition) is 2. The molecule has 0 bridgehead atoms. The van der Waals surface area contributed by atoms with E-state index >= 15 is 0 Å². The Morgan fingerprint density at radius 1 is 1.33 bits per heavy atom. The quantitative estimate of drug-likeness (QED) is 0.740. The van der Waals surface area contributed by atoms with Gasteiger partial charge < -0.3 is 10.6 Å². The Balaban J connectivity index is 1.45. The minimum Gasteiger partial charge on any atom is -0.347 e. The van der Waals surface area contributed by atoms with E-state index in [4.69, 9.17) is 0 Å². The Morgan fingerprint density at radius 2 is 2.21 bits per heavy atom. The van der Waals surface area contributed by atoms with Crippen LogP contribution in [0.5, 0.6) is 0 Å². The number of aromatic nitrogens is 5. The van der Waals surface area contributed by atoms with Crippen molar-refractivity contribution in [3.05, 3.63) is 48.2 Å². The molecule has 0 spiro atoms. The molecule has 0 atom stereocenters. The van der Waals surface area contributed by atoms with Crippen LogP contribution in [0.2, 0.25) is 0 Å². The number of nitrogens with zero attached hydrogens (tertiary/aromatic N) is 5. The van der Waals surface area contributed by atoms with Crippen LogP contribution in [0.1, 0.15) is 34.9 Å². The smallest absolute Gasteiger partial charge is 0.269 e. The molecule has 8 nitrogen and oxygen atoms in total. The van der Waals surface area contributed by atoms with E-state index < -0.39 is 0 Å². The van der Waals surface area contributed by atoms with Gasteiger partial charge in [-0.25, -0.2) is 0 Å². The number of nitrogens with one attached hydrogen (secondary N) is 2. The zero-order chi connectivity index (χ0) is 16.4. The SMILES string of the molecule is O=C(NCc1ccn2cnnc2c1)c1ccnn1C1CCNCC1. The molecule has 4 rings (SSSR count). The summed E-state index contributed by atoms with van der Waals surface area (Å²) < 4.78 is 3.69. The van der Waals surface area contributed by atoms with Crippen molar-refractivity contribution < 1.29 is 4.79 Å². The first-order valence-corrected chi connectivity index (χ1v) is 8.12. The molecule has 0 aliphatic carbocycles. The van der Waals surface area contributed by atoms with Crippen LogP contribution < -0.4 is 10.6 Å². The van der Waals surface area contributed by atoms with E-state index in [1.165, 1.54) is 0 Å². The second kappa shape index (κ2) is 6.40. The third-order valence-corrected chi connectivity index (χ3v) is 4.38. The fourth-order valence-electron chi connectivity index (χ4n) is 3.08. The van der Waals surface area contributed by atoms with Crippen molar-refractivity contribution in [1.82, 2.24) is 35.0 Å².